The summed E-state index contributed by atoms with van der Waals surface area (Å²) in [6, 6.07) is 76.0. The molecule has 0 unspecified atom stereocenters. The normalized spacial score (nSPS) is 11.3. The standard InChI is InChI=1S/C52H35NO/c1-4-13-36(14-5-1)41-19-12-20-45(33-41)53(49-31-27-43(37-15-6-2-7-16-37)34-47(49)39-17-8-3-9-18-39)44-29-25-38(26-30-44)42-24-23-40-28-32-51-52(48(40)35-42)46-21-10-11-22-50(46)54-51/h1-35H. The number of rotatable bonds is 7. The third kappa shape index (κ3) is 5.71. The van der Waals surface area contributed by atoms with Gasteiger partial charge in [0.25, 0.3) is 0 Å². The molecule has 254 valence electrons. The van der Waals surface area contributed by atoms with E-state index in [1.54, 1.807) is 0 Å². The Labute approximate surface area is 314 Å². The maximum Gasteiger partial charge on any atom is 0.136 e. The number of furan rings is 1. The van der Waals surface area contributed by atoms with Crippen LogP contribution in [0, 0.1) is 0 Å². The Hall–Kier alpha value is -7.16. The fourth-order valence-electron chi connectivity index (χ4n) is 7.80. The molecule has 2 nitrogen and oxygen atoms in total. The van der Waals surface area contributed by atoms with E-state index in [0.717, 1.165) is 44.7 Å². The van der Waals surface area contributed by atoms with Gasteiger partial charge in [-0.25, -0.2) is 0 Å². The first-order chi connectivity index (χ1) is 26.8. The molecule has 54 heavy (non-hydrogen) atoms. The Morgan fingerprint density at radius 2 is 0.870 bits per heavy atom. The van der Waals surface area contributed by atoms with Crippen molar-refractivity contribution in [2.75, 3.05) is 4.90 Å². The van der Waals surface area contributed by atoms with Gasteiger partial charge in [-0.1, -0.05) is 158 Å². The van der Waals surface area contributed by atoms with Crippen LogP contribution < -0.4 is 4.90 Å². The molecule has 10 rings (SSSR count). The minimum absolute atomic E-state index is 0.914. The fraction of sp³-hybridized carbons (Fsp3) is 0. The van der Waals surface area contributed by atoms with Crippen LogP contribution in [0.5, 0.6) is 0 Å². The molecular weight excluding hydrogens is 655 g/mol. The summed E-state index contributed by atoms with van der Waals surface area (Å²) in [4.78, 5) is 2.40. The van der Waals surface area contributed by atoms with Crippen LogP contribution in [-0.4, -0.2) is 0 Å². The van der Waals surface area contributed by atoms with E-state index in [4.69, 9.17) is 4.42 Å². The van der Waals surface area contributed by atoms with Gasteiger partial charge in [-0.15, -0.1) is 0 Å². The maximum atomic E-state index is 6.24. The lowest BCUT2D eigenvalue weighted by atomic mass is 9.95. The minimum Gasteiger partial charge on any atom is -0.456 e. The van der Waals surface area contributed by atoms with Crippen molar-refractivity contribution in [3.8, 4) is 44.5 Å². The van der Waals surface area contributed by atoms with Crippen LogP contribution in [0.25, 0.3) is 77.2 Å². The van der Waals surface area contributed by atoms with Gasteiger partial charge in [-0.2, -0.15) is 0 Å². The van der Waals surface area contributed by atoms with Gasteiger partial charge in [0.15, 0.2) is 0 Å². The summed E-state index contributed by atoms with van der Waals surface area (Å²) in [6.45, 7) is 0. The van der Waals surface area contributed by atoms with Crippen molar-refractivity contribution < 1.29 is 4.42 Å². The molecule has 0 saturated heterocycles. The quantitative estimate of drug-likeness (QED) is 0.166. The van der Waals surface area contributed by atoms with Crippen molar-refractivity contribution in [3.63, 3.8) is 0 Å². The number of para-hydroxylation sites is 1. The number of benzene rings is 9. The Balaban J connectivity index is 1.13. The molecule has 0 saturated carbocycles. The van der Waals surface area contributed by atoms with Crippen molar-refractivity contribution in [1.29, 1.82) is 0 Å². The van der Waals surface area contributed by atoms with Gasteiger partial charge in [-0.3, -0.25) is 0 Å². The number of fused-ring (bicyclic) bond motifs is 5. The molecule has 0 atom stereocenters. The molecule has 2 heteroatoms. The minimum atomic E-state index is 0.914. The monoisotopic (exact) mass is 689 g/mol. The van der Waals surface area contributed by atoms with E-state index in [-0.39, 0.29) is 0 Å². The Morgan fingerprint density at radius 1 is 0.315 bits per heavy atom. The second kappa shape index (κ2) is 13.4. The lowest BCUT2D eigenvalue weighted by molar-refractivity contribution is 0.669. The molecule has 10 aromatic rings. The van der Waals surface area contributed by atoms with Crippen LogP contribution in [0.3, 0.4) is 0 Å². The number of anilines is 3. The highest BCUT2D eigenvalue weighted by molar-refractivity contribution is 6.19. The van der Waals surface area contributed by atoms with Gasteiger partial charge in [0, 0.05) is 27.7 Å². The number of nitrogens with zero attached hydrogens (tertiary/aromatic N) is 1. The van der Waals surface area contributed by atoms with Crippen LogP contribution in [0.15, 0.2) is 217 Å². The molecule has 0 N–H and O–H groups in total. The third-order valence-electron chi connectivity index (χ3n) is 10.5. The molecule has 0 radical (unpaired) electrons. The average Bonchev–Trinajstić information content (AvgIpc) is 3.64. The summed E-state index contributed by atoms with van der Waals surface area (Å²) in [7, 11) is 0. The zero-order valence-corrected chi connectivity index (χ0v) is 29.6. The van der Waals surface area contributed by atoms with Crippen molar-refractivity contribution in [1.82, 2.24) is 0 Å². The van der Waals surface area contributed by atoms with Crippen molar-refractivity contribution >= 4 is 49.8 Å². The van der Waals surface area contributed by atoms with Crippen molar-refractivity contribution in [2.24, 2.45) is 0 Å². The highest BCUT2D eigenvalue weighted by Crippen LogP contribution is 2.44. The number of hydrogen-bond donors (Lipinski definition) is 0. The van der Waals surface area contributed by atoms with E-state index in [2.05, 4.69) is 205 Å². The molecular formula is C52H35NO. The maximum absolute atomic E-state index is 6.24. The Bertz CT molecular complexity index is 2910. The van der Waals surface area contributed by atoms with E-state index in [1.807, 2.05) is 12.1 Å². The summed E-state index contributed by atoms with van der Waals surface area (Å²) in [5, 5.41) is 4.71. The van der Waals surface area contributed by atoms with Crippen molar-refractivity contribution in [3.05, 3.63) is 212 Å². The first-order valence-electron chi connectivity index (χ1n) is 18.4. The highest BCUT2D eigenvalue weighted by Gasteiger charge is 2.19. The molecule has 1 aromatic heterocycles. The van der Waals surface area contributed by atoms with E-state index in [1.165, 1.54) is 49.5 Å². The number of hydrogen-bond acceptors (Lipinski definition) is 2. The Morgan fingerprint density at radius 3 is 1.61 bits per heavy atom. The van der Waals surface area contributed by atoms with Gasteiger partial charge in [-0.05, 0) is 104 Å². The molecule has 0 bridgehead atoms. The Kier molecular flexibility index (Phi) is 7.85. The zero-order valence-electron chi connectivity index (χ0n) is 29.6. The molecule has 0 amide bonds. The molecule has 0 aliphatic carbocycles. The smallest absolute Gasteiger partial charge is 0.136 e. The van der Waals surface area contributed by atoms with Gasteiger partial charge in [0.2, 0.25) is 0 Å². The van der Waals surface area contributed by atoms with Crippen LogP contribution >= 0.6 is 0 Å². The SMILES string of the molecule is c1ccc(-c2cccc(N(c3ccc(-c4ccc5ccc6oc7ccccc7c6c5c4)cc3)c3ccc(-c4ccccc4)cc3-c3ccccc3)c2)cc1. The van der Waals surface area contributed by atoms with Gasteiger partial charge in [0.05, 0.1) is 5.69 Å². The summed E-state index contributed by atoms with van der Waals surface area (Å²) < 4.78 is 6.24. The van der Waals surface area contributed by atoms with E-state index < -0.39 is 0 Å². The predicted octanol–water partition coefficient (Wildman–Crippen LogP) is 14.9. The largest absolute Gasteiger partial charge is 0.456 e. The van der Waals surface area contributed by atoms with Crippen LogP contribution in [-0.2, 0) is 0 Å². The molecule has 9 aromatic carbocycles. The van der Waals surface area contributed by atoms with E-state index in [0.29, 0.717) is 0 Å². The summed E-state index contributed by atoms with van der Waals surface area (Å²) >= 11 is 0. The van der Waals surface area contributed by atoms with Crippen LogP contribution in [0.4, 0.5) is 17.1 Å². The second-order valence-corrected chi connectivity index (χ2v) is 13.7. The van der Waals surface area contributed by atoms with Gasteiger partial charge in [0.1, 0.15) is 11.2 Å². The lowest BCUT2D eigenvalue weighted by Crippen LogP contribution is -2.11. The summed E-state index contributed by atoms with van der Waals surface area (Å²) in [5.74, 6) is 0. The van der Waals surface area contributed by atoms with Crippen molar-refractivity contribution in [2.45, 2.75) is 0 Å². The first kappa shape index (κ1) is 31.6. The average molecular weight is 690 g/mol. The van der Waals surface area contributed by atoms with Gasteiger partial charge >= 0.3 is 0 Å². The highest BCUT2D eigenvalue weighted by atomic mass is 16.3. The predicted molar refractivity (Wildman–Crippen MR) is 228 cm³/mol. The zero-order chi connectivity index (χ0) is 35.8. The van der Waals surface area contributed by atoms with Crippen LogP contribution in [0.1, 0.15) is 0 Å². The second-order valence-electron chi connectivity index (χ2n) is 13.7. The molecule has 0 aliphatic heterocycles. The van der Waals surface area contributed by atoms with E-state index >= 15 is 0 Å². The topological polar surface area (TPSA) is 16.4 Å². The first-order valence-corrected chi connectivity index (χ1v) is 18.4. The van der Waals surface area contributed by atoms with Crippen LogP contribution in [0.2, 0.25) is 0 Å². The summed E-state index contributed by atoms with van der Waals surface area (Å²) in [6.07, 6.45) is 0. The summed E-state index contributed by atoms with van der Waals surface area (Å²) in [5.41, 5.74) is 14.5. The van der Waals surface area contributed by atoms with Gasteiger partial charge < -0.3 is 9.32 Å². The molecule has 0 fully saturated rings. The molecule has 0 aliphatic rings. The molecule has 0 spiro atoms. The third-order valence-corrected chi connectivity index (χ3v) is 10.5. The fourth-order valence-corrected chi connectivity index (χ4v) is 7.80. The molecule has 1 heterocycles. The van der Waals surface area contributed by atoms with E-state index in [9.17, 15) is 0 Å². The lowest BCUT2D eigenvalue weighted by Gasteiger charge is -2.29.